The van der Waals surface area contributed by atoms with Crippen molar-refractivity contribution in [2.24, 2.45) is 5.10 Å². The fourth-order valence-corrected chi connectivity index (χ4v) is 2.45. The predicted octanol–water partition coefficient (Wildman–Crippen LogP) is 3.14. The van der Waals surface area contributed by atoms with Crippen LogP contribution in [0.2, 0.25) is 0 Å². The fourth-order valence-electron chi connectivity index (χ4n) is 2.45. The van der Waals surface area contributed by atoms with Crippen molar-refractivity contribution in [3.05, 3.63) is 66.0 Å². The van der Waals surface area contributed by atoms with Gasteiger partial charge in [0.25, 0.3) is 0 Å². The average Bonchev–Trinajstić information content (AvgIpc) is 2.70. The monoisotopic (exact) mass is 399 g/mol. The molecule has 0 atom stereocenters. The molecule has 0 radical (unpaired) electrons. The molecule has 2 rings (SSSR count). The Morgan fingerprint density at radius 3 is 2.55 bits per heavy atom. The predicted molar refractivity (Wildman–Crippen MR) is 109 cm³/mol. The number of phenols is 1. The Morgan fingerprint density at radius 2 is 1.90 bits per heavy atom. The number of benzene rings is 2. The summed E-state index contributed by atoms with van der Waals surface area (Å²) in [4.78, 5) is 23.7. The molecule has 8 heteroatoms. The summed E-state index contributed by atoms with van der Waals surface area (Å²) >= 11 is 0. The van der Waals surface area contributed by atoms with Gasteiger partial charge in [-0.25, -0.2) is 9.82 Å². The number of nitrogens with zero attached hydrogens (tertiary/aromatic N) is 1. The summed E-state index contributed by atoms with van der Waals surface area (Å²) in [6.45, 7) is 3.64. The summed E-state index contributed by atoms with van der Waals surface area (Å²) in [5, 5.41) is 16.5. The van der Waals surface area contributed by atoms with Crippen molar-refractivity contribution in [1.29, 1.82) is 0 Å². The lowest BCUT2D eigenvalue weighted by atomic mass is 10.1. The molecule has 0 saturated carbocycles. The van der Waals surface area contributed by atoms with Crippen molar-refractivity contribution in [2.75, 3.05) is 12.4 Å². The number of hydrazone groups is 1. The highest BCUT2D eigenvalue weighted by Crippen LogP contribution is 2.31. The van der Waals surface area contributed by atoms with Crippen LogP contribution in [0.15, 0.2) is 54.2 Å². The Morgan fingerprint density at radius 1 is 1.21 bits per heavy atom. The quantitative estimate of drug-likeness (QED) is 0.343. The minimum absolute atomic E-state index is 0.0285. The van der Waals surface area contributed by atoms with Gasteiger partial charge in [-0.1, -0.05) is 6.08 Å². The number of allylic oxidation sites excluding steroid dienone is 1. The SMILES string of the molecule is C=CCc1cc(/C=N/NC(=O)CCC(=O)Nc2ccc(F)cc2)cc(OC)c1O. The highest BCUT2D eigenvalue weighted by atomic mass is 19.1. The Hall–Kier alpha value is -3.68. The number of hydrogen-bond donors (Lipinski definition) is 3. The molecule has 0 saturated heterocycles. The minimum atomic E-state index is -0.437. The van der Waals surface area contributed by atoms with Crippen LogP contribution in [0.3, 0.4) is 0 Å². The van der Waals surface area contributed by atoms with Gasteiger partial charge >= 0.3 is 0 Å². The van der Waals surface area contributed by atoms with Crippen molar-refractivity contribution in [3.63, 3.8) is 0 Å². The molecule has 0 spiro atoms. The smallest absolute Gasteiger partial charge is 0.240 e. The van der Waals surface area contributed by atoms with Crippen LogP contribution in [0.1, 0.15) is 24.0 Å². The Kier molecular flexibility index (Phi) is 7.90. The molecule has 29 heavy (non-hydrogen) atoms. The fraction of sp³-hybridized carbons (Fsp3) is 0.190. The van der Waals surface area contributed by atoms with E-state index in [1.54, 1.807) is 18.2 Å². The van der Waals surface area contributed by atoms with Gasteiger partial charge in [0.05, 0.1) is 13.3 Å². The number of methoxy groups -OCH3 is 1. The maximum Gasteiger partial charge on any atom is 0.240 e. The lowest BCUT2D eigenvalue weighted by molar-refractivity contribution is -0.124. The molecular formula is C21H22FN3O4. The molecule has 0 unspecified atom stereocenters. The molecule has 2 aromatic rings. The van der Waals surface area contributed by atoms with E-state index in [1.165, 1.54) is 37.6 Å². The first-order chi connectivity index (χ1) is 13.9. The van der Waals surface area contributed by atoms with Crippen LogP contribution in [0.4, 0.5) is 10.1 Å². The topological polar surface area (TPSA) is 100 Å². The maximum absolute atomic E-state index is 12.8. The molecule has 0 aliphatic carbocycles. The van der Waals surface area contributed by atoms with Gasteiger partial charge in [0.1, 0.15) is 5.82 Å². The summed E-state index contributed by atoms with van der Waals surface area (Å²) in [6, 6.07) is 8.61. The van der Waals surface area contributed by atoms with Crippen LogP contribution in [-0.4, -0.2) is 30.2 Å². The van der Waals surface area contributed by atoms with Gasteiger partial charge in [0.2, 0.25) is 11.8 Å². The van der Waals surface area contributed by atoms with Crippen molar-refractivity contribution in [1.82, 2.24) is 5.43 Å². The van der Waals surface area contributed by atoms with Crippen molar-refractivity contribution in [2.45, 2.75) is 19.3 Å². The normalized spacial score (nSPS) is 10.6. The Bertz CT molecular complexity index is 911. The van der Waals surface area contributed by atoms with Gasteiger partial charge < -0.3 is 15.2 Å². The molecule has 3 N–H and O–H groups in total. The van der Waals surface area contributed by atoms with Gasteiger partial charge in [-0.3, -0.25) is 9.59 Å². The standard InChI is InChI=1S/C21H22FN3O4/c1-3-4-15-11-14(12-18(29-2)21(15)28)13-23-25-20(27)10-9-19(26)24-17-7-5-16(22)6-8-17/h3,5-8,11-13,28H,1,4,9-10H2,2H3,(H,24,26)(H,25,27)/b23-13+. The van der Waals surface area contributed by atoms with E-state index >= 15 is 0 Å². The number of phenolic OH excluding ortho intramolecular Hbond substituents is 1. The Balaban J connectivity index is 1.86. The van der Waals surface area contributed by atoms with E-state index in [4.69, 9.17) is 4.74 Å². The third kappa shape index (κ3) is 6.76. The van der Waals surface area contributed by atoms with Gasteiger partial charge in [-0.2, -0.15) is 5.10 Å². The average molecular weight is 399 g/mol. The highest BCUT2D eigenvalue weighted by molar-refractivity contribution is 5.93. The van der Waals surface area contributed by atoms with E-state index < -0.39 is 11.7 Å². The lowest BCUT2D eigenvalue weighted by Crippen LogP contribution is -2.20. The van der Waals surface area contributed by atoms with E-state index in [0.717, 1.165) is 0 Å². The van der Waals surface area contributed by atoms with Gasteiger partial charge in [0, 0.05) is 24.1 Å². The first-order valence-corrected chi connectivity index (χ1v) is 8.81. The summed E-state index contributed by atoms with van der Waals surface area (Å²) in [5.74, 6) is -0.890. The number of nitrogens with one attached hydrogen (secondary N) is 2. The molecule has 2 amide bonds. The Labute approximate surface area is 167 Å². The largest absolute Gasteiger partial charge is 0.504 e. The first-order valence-electron chi connectivity index (χ1n) is 8.81. The van der Waals surface area contributed by atoms with Crippen molar-refractivity contribution in [3.8, 4) is 11.5 Å². The van der Waals surface area contributed by atoms with Crippen LogP contribution in [0.5, 0.6) is 11.5 Å². The molecule has 7 nitrogen and oxygen atoms in total. The minimum Gasteiger partial charge on any atom is -0.504 e. The molecule has 152 valence electrons. The van der Waals surface area contributed by atoms with Gasteiger partial charge in [0.15, 0.2) is 11.5 Å². The molecule has 0 fully saturated rings. The third-order valence-corrected chi connectivity index (χ3v) is 3.87. The number of carbonyl (C=O) groups excluding carboxylic acids is 2. The number of ether oxygens (including phenoxy) is 1. The molecule has 0 aliphatic heterocycles. The van der Waals surface area contributed by atoms with E-state index in [1.807, 2.05) is 0 Å². The van der Waals surface area contributed by atoms with Crippen LogP contribution >= 0.6 is 0 Å². The molecule has 0 heterocycles. The molecule has 2 aromatic carbocycles. The number of hydrogen-bond acceptors (Lipinski definition) is 5. The highest BCUT2D eigenvalue weighted by Gasteiger charge is 2.09. The summed E-state index contributed by atoms with van der Waals surface area (Å²) in [6.07, 6.45) is 3.39. The number of amides is 2. The number of rotatable bonds is 9. The van der Waals surface area contributed by atoms with Crippen LogP contribution < -0.4 is 15.5 Å². The zero-order chi connectivity index (χ0) is 21.2. The van der Waals surface area contributed by atoms with Crippen LogP contribution in [0, 0.1) is 5.82 Å². The zero-order valence-corrected chi connectivity index (χ0v) is 15.9. The third-order valence-electron chi connectivity index (χ3n) is 3.87. The maximum atomic E-state index is 12.8. The second-order valence-corrected chi connectivity index (χ2v) is 6.07. The molecule has 0 aliphatic rings. The van der Waals surface area contributed by atoms with Crippen LogP contribution in [0.25, 0.3) is 0 Å². The van der Waals surface area contributed by atoms with Crippen molar-refractivity contribution >= 4 is 23.7 Å². The van der Waals surface area contributed by atoms with E-state index in [0.29, 0.717) is 23.2 Å². The van der Waals surface area contributed by atoms with Crippen LogP contribution in [-0.2, 0) is 16.0 Å². The molecular weight excluding hydrogens is 377 g/mol. The molecule has 0 aromatic heterocycles. The first kappa shape index (κ1) is 21.6. The zero-order valence-electron chi connectivity index (χ0n) is 15.9. The molecule has 0 bridgehead atoms. The van der Waals surface area contributed by atoms with Crippen molar-refractivity contribution < 1.29 is 23.8 Å². The van der Waals surface area contributed by atoms with E-state index in [9.17, 15) is 19.1 Å². The number of halogens is 1. The summed E-state index contributed by atoms with van der Waals surface area (Å²) in [5.41, 5.74) is 4.02. The summed E-state index contributed by atoms with van der Waals surface area (Å²) < 4.78 is 18.0. The van der Waals surface area contributed by atoms with Gasteiger partial charge in [-0.05, 0) is 48.4 Å². The lowest BCUT2D eigenvalue weighted by Gasteiger charge is -2.09. The number of aromatic hydroxyl groups is 1. The second kappa shape index (κ2) is 10.6. The summed E-state index contributed by atoms with van der Waals surface area (Å²) in [7, 11) is 1.44. The van der Waals surface area contributed by atoms with E-state index in [-0.39, 0.29) is 30.2 Å². The second-order valence-electron chi connectivity index (χ2n) is 6.07. The van der Waals surface area contributed by atoms with E-state index in [2.05, 4.69) is 22.4 Å². The van der Waals surface area contributed by atoms with Gasteiger partial charge in [-0.15, -0.1) is 6.58 Å². The number of carbonyl (C=O) groups is 2. The number of anilines is 1.